The minimum atomic E-state index is -0.858. The highest BCUT2D eigenvalue weighted by Gasteiger charge is 2.31. The Labute approximate surface area is 166 Å². The molecule has 1 aliphatic rings. The summed E-state index contributed by atoms with van der Waals surface area (Å²) in [6.45, 7) is 1.40. The van der Waals surface area contributed by atoms with Crippen molar-refractivity contribution in [2.75, 3.05) is 11.9 Å². The maximum absolute atomic E-state index is 13.1. The van der Waals surface area contributed by atoms with Gasteiger partial charge in [-0.05, 0) is 23.3 Å². The number of amides is 1. The fraction of sp³-hybridized carbons (Fsp3) is 0.190. The molecule has 1 aromatic heterocycles. The van der Waals surface area contributed by atoms with Crippen molar-refractivity contribution in [3.05, 3.63) is 87.6 Å². The highest BCUT2D eigenvalue weighted by Crippen LogP contribution is 2.23. The Morgan fingerprint density at radius 1 is 1.00 bits per heavy atom. The number of rotatable bonds is 5. The van der Waals surface area contributed by atoms with Crippen LogP contribution in [0.15, 0.2) is 59.4 Å². The van der Waals surface area contributed by atoms with E-state index in [1.807, 2.05) is 30.3 Å². The minimum absolute atomic E-state index is 0.0890. The average Bonchev–Trinajstić information content (AvgIpc) is 2.73. The predicted molar refractivity (Wildman–Crippen MR) is 105 cm³/mol. The summed E-state index contributed by atoms with van der Waals surface area (Å²) >= 11 is 0. The lowest BCUT2D eigenvalue weighted by Crippen LogP contribution is -2.42. The zero-order valence-corrected chi connectivity index (χ0v) is 15.5. The summed E-state index contributed by atoms with van der Waals surface area (Å²) in [6, 6.07) is 15.4. The van der Waals surface area contributed by atoms with E-state index < -0.39 is 17.2 Å². The summed E-state index contributed by atoms with van der Waals surface area (Å²) in [4.78, 5) is 30.5. The quantitative estimate of drug-likeness (QED) is 0.694. The van der Waals surface area contributed by atoms with Crippen molar-refractivity contribution in [1.82, 2.24) is 14.5 Å². The standard InChI is InChI=1S/C21H19FN4O3/c22-16-8-6-15(7-9-16)13-25-10-11-26-17(20(25)29)18(27)19(28)24-21(26)23-12-14-4-2-1-3-5-14/h1-9,27H,10-13H2,(H,23,24,28). The van der Waals surface area contributed by atoms with Crippen LogP contribution in [0.4, 0.5) is 10.3 Å². The largest absolute Gasteiger partial charge is 0.501 e. The molecule has 0 radical (unpaired) electrons. The number of halogens is 1. The topological polar surface area (TPSA) is 87.5 Å². The van der Waals surface area contributed by atoms with Crippen molar-refractivity contribution < 1.29 is 14.3 Å². The van der Waals surface area contributed by atoms with Crippen LogP contribution in [-0.4, -0.2) is 32.0 Å². The zero-order valence-electron chi connectivity index (χ0n) is 15.5. The average molecular weight is 394 g/mol. The van der Waals surface area contributed by atoms with Gasteiger partial charge in [-0.15, -0.1) is 0 Å². The molecule has 0 atom stereocenters. The Hall–Kier alpha value is -3.68. The van der Waals surface area contributed by atoms with Crippen LogP contribution in [0.25, 0.3) is 0 Å². The van der Waals surface area contributed by atoms with Gasteiger partial charge in [0.1, 0.15) is 5.82 Å². The molecule has 0 saturated heterocycles. The third-order valence-electron chi connectivity index (χ3n) is 4.82. The summed E-state index contributed by atoms with van der Waals surface area (Å²) in [5.41, 5.74) is 0.800. The molecule has 0 aliphatic carbocycles. The third kappa shape index (κ3) is 3.82. The number of carbonyl (C=O) groups is 1. The zero-order chi connectivity index (χ0) is 20.4. The van der Waals surface area contributed by atoms with Crippen LogP contribution >= 0.6 is 0 Å². The van der Waals surface area contributed by atoms with Gasteiger partial charge in [-0.1, -0.05) is 42.5 Å². The fourth-order valence-corrected chi connectivity index (χ4v) is 3.32. The van der Waals surface area contributed by atoms with Gasteiger partial charge in [-0.25, -0.2) is 4.39 Å². The van der Waals surface area contributed by atoms with Crippen LogP contribution in [0.5, 0.6) is 5.75 Å². The second-order valence-corrected chi connectivity index (χ2v) is 6.78. The maximum atomic E-state index is 13.1. The molecule has 8 heteroatoms. The molecule has 7 nitrogen and oxygen atoms in total. The highest BCUT2D eigenvalue weighted by atomic mass is 19.1. The summed E-state index contributed by atoms with van der Waals surface area (Å²) in [6.07, 6.45) is 0. The molecule has 0 spiro atoms. The summed E-state index contributed by atoms with van der Waals surface area (Å²) in [7, 11) is 0. The van der Waals surface area contributed by atoms with Gasteiger partial charge >= 0.3 is 5.56 Å². The van der Waals surface area contributed by atoms with Gasteiger partial charge in [-0.2, -0.15) is 4.98 Å². The third-order valence-corrected chi connectivity index (χ3v) is 4.82. The van der Waals surface area contributed by atoms with Crippen molar-refractivity contribution in [2.45, 2.75) is 19.6 Å². The summed E-state index contributed by atoms with van der Waals surface area (Å²) < 4.78 is 14.6. The Bertz CT molecular complexity index is 1100. The number of hydrogen-bond acceptors (Lipinski definition) is 5. The molecule has 2 N–H and O–H groups in total. The van der Waals surface area contributed by atoms with E-state index in [0.717, 1.165) is 11.1 Å². The molecule has 1 amide bonds. The Balaban J connectivity index is 1.61. The predicted octanol–water partition coefficient (Wildman–Crippen LogP) is 2.36. The number of aromatic nitrogens is 2. The minimum Gasteiger partial charge on any atom is -0.501 e. The van der Waals surface area contributed by atoms with E-state index in [2.05, 4.69) is 10.3 Å². The van der Waals surface area contributed by atoms with Crippen molar-refractivity contribution in [2.24, 2.45) is 0 Å². The number of nitrogens with zero attached hydrogens (tertiary/aromatic N) is 3. The second kappa shape index (κ2) is 7.75. The van der Waals surface area contributed by atoms with Crippen LogP contribution in [0.3, 0.4) is 0 Å². The lowest BCUT2D eigenvalue weighted by Gasteiger charge is -2.31. The van der Waals surface area contributed by atoms with E-state index in [1.165, 1.54) is 21.6 Å². The van der Waals surface area contributed by atoms with Gasteiger partial charge < -0.3 is 19.9 Å². The molecule has 1 aliphatic heterocycles. The lowest BCUT2D eigenvalue weighted by molar-refractivity contribution is 0.0683. The molecule has 0 bridgehead atoms. The lowest BCUT2D eigenvalue weighted by atomic mass is 10.1. The Morgan fingerprint density at radius 2 is 1.72 bits per heavy atom. The first kappa shape index (κ1) is 18.7. The van der Waals surface area contributed by atoms with Crippen molar-refractivity contribution >= 4 is 11.9 Å². The number of carbonyl (C=O) groups excluding carboxylic acids is 1. The molecule has 29 heavy (non-hydrogen) atoms. The maximum Gasteiger partial charge on any atom is 0.317 e. The smallest absolute Gasteiger partial charge is 0.317 e. The van der Waals surface area contributed by atoms with Gasteiger partial charge in [0.15, 0.2) is 5.69 Å². The van der Waals surface area contributed by atoms with Crippen LogP contribution in [0.2, 0.25) is 0 Å². The van der Waals surface area contributed by atoms with Crippen LogP contribution in [0, 0.1) is 5.82 Å². The fourth-order valence-electron chi connectivity index (χ4n) is 3.32. The van der Waals surface area contributed by atoms with Crippen LogP contribution in [-0.2, 0) is 19.6 Å². The van der Waals surface area contributed by atoms with Gasteiger partial charge in [0.05, 0.1) is 0 Å². The normalized spacial score (nSPS) is 13.3. The molecule has 0 saturated carbocycles. The van der Waals surface area contributed by atoms with Crippen molar-refractivity contribution in [3.63, 3.8) is 0 Å². The van der Waals surface area contributed by atoms with Gasteiger partial charge in [0.25, 0.3) is 5.91 Å². The molecule has 2 aromatic carbocycles. The van der Waals surface area contributed by atoms with E-state index in [-0.39, 0.29) is 24.0 Å². The molecular formula is C21H19FN4O3. The number of benzene rings is 2. The molecule has 4 rings (SSSR count). The van der Waals surface area contributed by atoms with Gasteiger partial charge in [-0.3, -0.25) is 9.59 Å². The van der Waals surface area contributed by atoms with Gasteiger partial charge in [0.2, 0.25) is 11.7 Å². The van der Waals surface area contributed by atoms with E-state index in [1.54, 1.807) is 12.1 Å². The molecule has 0 unspecified atom stereocenters. The number of aromatic hydroxyl groups is 1. The first-order chi connectivity index (χ1) is 14.0. The molecular weight excluding hydrogens is 375 g/mol. The first-order valence-corrected chi connectivity index (χ1v) is 9.18. The molecule has 0 fully saturated rings. The van der Waals surface area contributed by atoms with Crippen LogP contribution < -0.4 is 10.9 Å². The highest BCUT2D eigenvalue weighted by molar-refractivity contribution is 5.96. The van der Waals surface area contributed by atoms with E-state index in [9.17, 15) is 19.1 Å². The second-order valence-electron chi connectivity index (χ2n) is 6.78. The Morgan fingerprint density at radius 3 is 2.45 bits per heavy atom. The number of anilines is 1. The molecule has 3 aromatic rings. The van der Waals surface area contributed by atoms with Crippen molar-refractivity contribution in [3.8, 4) is 5.75 Å². The first-order valence-electron chi connectivity index (χ1n) is 9.18. The summed E-state index contributed by atoms with van der Waals surface area (Å²) in [5, 5.41) is 13.3. The number of nitrogens with one attached hydrogen (secondary N) is 1. The number of fused-ring (bicyclic) bond motifs is 1. The Kier molecular flexibility index (Phi) is 4.99. The van der Waals surface area contributed by atoms with Crippen LogP contribution in [0.1, 0.15) is 21.6 Å². The SMILES string of the molecule is O=C1c2c(O)c(=O)nc(NCc3ccccc3)n2CCN1Cc1ccc(F)cc1. The van der Waals surface area contributed by atoms with Crippen molar-refractivity contribution in [1.29, 1.82) is 0 Å². The number of hydrogen-bond donors (Lipinski definition) is 2. The summed E-state index contributed by atoms with van der Waals surface area (Å²) in [5.74, 6) is -1.25. The van der Waals surface area contributed by atoms with Gasteiger partial charge in [0, 0.05) is 26.2 Å². The van der Waals surface area contributed by atoms with E-state index in [4.69, 9.17) is 0 Å². The molecule has 2 heterocycles. The van der Waals surface area contributed by atoms with E-state index >= 15 is 0 Å². The monoisotopic (exact) mass is 394 g/mol. The molecule has 148 valence electrons. The van der Waals surface area contributed by atoms with E-state index in [0.29, 0.717) is 19.6 Å².